The third-order valence-electron chi connectivity index (χ3n) is 3.00. The van der Waals surface area contributed by atoms with E-state index in [9.17, 15) is 13.2 Å². The van der Waals surface area contributed by atoms with Crippen LogP contribution in [0.1, 0.15) is 5.56 Å². The van der Waals surface area contributed by atoms with Crippen molar-refractivity contribution in [1.29, 1.82) is 0 Å². The van der Waals surface area contributed by atoms with Gasteiger partial charge in [0.05, 0.1) is 22.0 Å². The zero-order valence-electron chi connectivity index (χ0n) is 11.4. The van der Waals surface area contributed by atoms with Crippen LogP contribution in [-0.4, -0.2) is 9.97 Å². The zero-order chi connectivity index (χ0) is 16.4. The minimum atomic E-state index is -4.43. The number of pyridine rings is 1. The highest BCUT2D eigenvalue weighted by atomic mass is 35.5. The van der Waals surface area contributed by atoms with Crippen molar-refractivity contribution in [2.24, 2.45) is 0 Å². The predicted molar refractivity (Wildman–Crippen MR) is 85.1 cm³/mol. The summed E-state index contributed by atoms with van der Waals surface area (Å²) in [6.07, 6.45) is -1.11. The maximum absolute atomic E-state index is 12.8. The number of thiazole rings is 1. The number of rotatable bonds is 3. The number of halogens is 4. The van der Waals surface area contributed by atoms with Crippen LogP contribution in [0.3, 0.4) is 0 Å². The van der Waals surface area contributed by atoms with Crippen molar-refractivity contribution in [3.05, 3.63) is 58.7 Å². The quantitative estimate of drug-likeness (QED) is 0.662. The molecule has 0 fully saturated rings. The van der Waals surface area contributed by atoms with Crippen LogP contribution in [0.5, 0.6) is 0 Å². The Bertz CT molecular complexity index is 818. The highest BCUT2D eigenvalue weighted by Crippen LogP contribution is 2.36. The minimum absolute atomic E-state index is 0.161. The normalized spacial score (nSPS) is 11.5. The van der Waals surface area contributed by atoms with E-state index in [4.69, 9.17) is 11.6 Å². The molecular weight excluding hydrogens is 347 g/mol. The lowest BCUT2D eigenvalue weighted by atomic mass is 10.2. The summed E-state index contributed by atoms with van der Waals surface area (Å²) < 4.78 is 38.3. The average Bonchev–Trinajstić information content (AvgIpc) is 2.98. The van der Waals surface area contributed by atoms with Crippen molar-refractivity contribution in [2.45, 2.75) is 6.18 Å². The van der Waals surface area contributed by atoms with Gasteiger partial charge in [-0.1, -0.05) is 11.6 Å². The largest absolute Gasteiger partial charge is 0.416 e. The van der Waals surface area contributed by atoms with E-state index in [-0.39, 0.29) is 10.7 Å². The minimum Gasteiger partial charge on any atom is -0.330 e. The number of nitrogens with one attached hydrogen (secondary N) is 1. The van der Waals surface area contributed by atoms with E-state index in [2.05, 4.69) is 15.3 Å². The summed E-state index contributed by atoms with van der Waals surface area (Å²) in [7, 11) is 0. The van der Waals surface area contributed by atoms with Gasteiger partial charge in [0.25, 0.3) is 0 Å². The summed E-state index contributed by atoms with van der Waals surface area (Å²) in [6, 6.07) is 6.75. The number of aromatic nitrogens is 2. The molecule has 0 bridgehead atoms. The van der Waals surface area contributed by atoms with Gasteiger partial charge in [-0.25, -0.2) is 4.98 Å². The van der Waals surface area contributed by atoms with Crippen LogP contribution in [0, 0.1) is 0 Å². The smallest absolute Gasteiger partial charge is 0.330 e. The van der Waals surface area contributed by atoms with Crippen LogP contribution in [0.2, 0.25) is 5.02 Å². The van der Waals surface area contributed by atoms with E-state index in [1.54, 1.807) is 23.8 Å². The van der Waals surface area contributed by atoms with E-state index in [1.165, 1.54) is 17.4 Å². The van der Waals surface area contributed by atoms with E-state index in [0.29, 0.717) is 10.8 Å². The van der Waals surface area contributed by atoms with Crippen molar-refractivity contribution in [1.82, 2.24) is 9.97 Å². The standard InChI is InChI=1S/C15H9ClF3N3S/c16-11-4-3-10(15(17,18)19)6-12(11)21-14-22-13(8-23-14)9-2-1-5-20-7-9/h1-8H,(H,21,22). The number of nitrogens with zero attached hydrogens (tertiary/aromatic N) is 2. The van der Waals surface area contributed by atoms with Crippen LogP contribution in [0.4, 0.5) is 24.0 Å². The van der Waals surface area contributed by atoms with Gasteiger partial charge in [-0.2, -0.15) is 13.2 Å². The summed E-state index contributed by atoms with van der Waals surface area (Å²) in [5, 5.41) is 5.26. The molecule has 2 heterocycles. The van der Waals surface area contributed by atoms with Crippen LogP contribution in [-0.2, 0) is 6.18 Å². The Morgan fingerprint density at radius 1 is 1.17 bits per heavy atom. The number of benzene rings is 1. The molecule has 0 unspecified atom stereocenters. The Balaban J connectivity index is 1.87. The number of hydrogen-bond acceptors (Lipinski definition) is 4. The Morgan fingerprint density at radius 3 is 2.70 bits per heavy atom. The molecular formula is C15H9ClF3N3S. The zero-order valence-corrected chi connectivity index (χ0v) is 13.0. The van der Waals surface area contributed by atoms with Crippen molar-refractivity contribution < 1.29 is 13.2 Å². The molecule has 0 saturated heterocycles. The van der Waals surface area contributed by atoms with Crippen LogP contribution in [0.25, 0.3) is 11.3 Å². The molecule has 0 amide bonds. The van der Waals surface area contributed by atoms with Crippen molar-refractivity contribution in [2.75, 3.05) is 5.32 Å². The van der Waals surface area contributed by atoms with Gasteiger partial charge in [0, 0.05) is 23.3 Å². The Kier molecular flexibility index (Phi) is 4.23. The average molecular weight is 356 g/mol. The van der Waals surface area contributed by atoms with Crippen LogP contribution < -0.4 is 5.32 Å². The molecule has 0 aliphatic carbocycles. The molecule has 0 atom stereocenters. The van der Waals surface area contributed by atoms with Gasteiger partial charge in [-0.05, 0) is 30.3 Å². The summed E-state index contributed by atoms with van der Waals surface area (Å²) in [5.41, 5.74) is 0.905. The molecule has 0 aliphatic heterocycles. The topological polar surface area (TPSA) is 37.8 Å². The number of anilines is 2. The van der Waals surface area contributed by atoms with E-state index in [1.807, 2.05) is 6.07 Å². The molecule has 118 valence electrons. The summed E-state index contributed by atoms with van der Waals surface area (Å²) in [4.78, 5) is 8.34. The molecule has 1 N–H and O–H groups in total. The summed E-state index contributed by atoms with van der Waals surface area (Å²) in [5.74, 6) is 0. The fourth-order valence-corrected chi connectivity index (χ4v) is 2.79. The first-order valence-corrected chi connectivity index (χ1v) is 7.69. The highest BCUT2D eigenvalue weighted by molar-refractivity contribution is 7.14. The maximum Gasteiger partial charge on any atom is 0.416 e. The maximum atomic E-state index is 12.8. The fourth-order valence-electron chi connectivity index (χ4n) is 1.89. The molecule has 0 radical (unpaired) electrons. The SMILES string of the molecule is FC(F)(F)c1ccc(Cl)c(Nc2nc(-c3cccnc3)cs2)c1. The monoisotopic (exact) mass is 355 g/mol. The first kappa shape index (κ1) is 15.8. The van der Waals surface area contributed by atoms with Crippen LogP contribution >= 0.6 is 22.9 Å². The second-order valence-corrected chi connectivity index (χ2v) is 5.86. The summed E-state index contributed by atoms with van der Waals surface area (Å²) >= 11 is 7.23. The first-order valence-electron chi connectivity index (χ1n) is 6.43. The lowest BCUT2D eigenvalue weighted by Crippen LogP contribution is -2.05. The van der Waals surface area contributed by atoms with E-state index < -0.39 is 11.7 Å². The van der Waals surface area contributed by atoms with Gasteiger partial charge in [-0.3, -0.25) is 4.98 Å². The van der Waals surface area contributed by atoms with Crippen molar-refractivity contribution in [3.63, 3.8) is 0 Å². The van der Waals surface area contributed by atoms with Crippen LogP contribution in [0.15, 0.2) is 48.1 Å². The molecule has 8 heteroatoms. The van der Waals surface area contributed by atoms with E-state index >= 15 is 0 Å². The Labute approximate surface area is 138 Å². The molecule has 23 heavy (non-hydrogen) atoms. The molecule has 0 saturated carbocycles. The Morgan fingerprint density at radius 2 is 2.00 bits per heavy atom. The van der Waals surface area contributed by atoms with Gasteiger partial charge in [0.15, 0.2) is 5.13 Å². The third-order valence-corrected chi connectivity index (χ3v) is 4.08. The molecule has 3 aromatic rings. The number of alkyl halides is 3. The van der Waals surface area contributed by atoms with Gasteiger partial charge >= 0.3 is 6.18 Å². The van der Waals surface area contributed by atoms with Gasteiger partial charge < -0.3 is 5.32 Å². The number of hydrogen-bond donors (Lipinski definition) is 1. The lowest BCUT2D eigenvalue weighted by molar-refractivity contribution is -0.137. The molecule has 2 aromatic heterocycles. The van der Waals surface area contributed by atoms with Gasteiger partial charge in [-0.15, -0.1) is 11.3 Å². The molecule has 1 aromatic carbocycles. The van der Waals surface area contributed by atoms with Crippen molar-refractivity contribution in [3.8, 4) is 11.3 Å². The first-order chi connectivity index (χ1) is 10.9. The third kappa shape index (κ3) is 3.62. The lowest BCUT2D eigenvalue weighted by Gasteiger charge is -2.10. The van der Waals surface area contributed by atoms with Crippen molar-refractivity contribution >= 4 is 33.8 Å². The van der Waals surface area contributed by atoms with E-state index in [0.717, 1.165) is 17.7 Å². The Hall–Kier alpha value is -2.12. The van der Waals surface area contributed by atoms with Gasteiger partial charge in [0.1, 0.15) is 0 Å². The summed E-state index contributed by atoms with van der Waals surface area (Å²) in [6.45, 7) is 0. The van der Waals surface area contributed by atoms with Gasteiger partial charge in [0.2, 0.25) is 0 Å². The molecule has 0 aliphatic rings. The second-order valence-electron chi connectivity index (χ2n) is 4.60. The highest BCUT2D eigenvalue weighted by Gasteiger charge is 2.31. The molecule has 0 spiro atoms. The fraction of sp³-hybridized carbons (Fsp3) is 0.0667. The molecule has 3 nitrogen and oxygen atoms in total. The molecule has 3 rings (SSSR count). The predicted octanol–water partition coefficient (Wildman–Crippen LogP) is 5.62. The second kappa shape index (κ2) is 6.17.